The van der Waals surface area contributed by atoms with Crippen LogP contribution in [0.4, 0.5) is 4.79 Å². The lowest BCUT2D eigenvalue weighted by Crippen LogP contribution is -2.33. The number of hydrogen-bond donors (Lipinski definition) is 2. The molecule has 116 valence electrons. The highest BCUT2D eigenvalue weighted by Gasteiger charge is 2.21. The Bertz CT molecular complexity index is 329. The van der Waals surface area contributed by atoms with Crippen LogP contribution in [-0.2, 0) is 9.53 Å². The second-order valence-electron chi connectivity index (χ2n) is 6.70. The van der Waals surface area contributed by atoms with Crippen LogP contribution in [0, 0.1) is 5.92 Å². The number of alkyl carbamates (subject to hydrolysis) is 1. The molecule has 5 heteroatoms. The highest BCUT2D eigenvalue weighted by atomic mass is 16.6. The minimum Gasteiger partial charge on any atom is -0.444 e. The number of ether oxygens (including phenoxy) is 1. The molecule has 1 fully saturated rings. The molecular weight excluding hydrogens is 256 g/mol. The second-order valence-corrected chi connectivity index (χ2v) is 6.70. The molecule has 1 amide bonds. The maximum atomic E-state index is 11.8. The van der Waals surface area contributed by atoms with Gasteiger partial charge >= 0.3 is 6.09 Å². The zero-order valence-electron chi connectivity index (χ0n) is 12.9. The Balaban J connectivity index is 2.13. The lowest BCUT2D eigenvalue weighted by Gasteiger charge is -2.25. The smallest absolute Gasteiger partial charge is 0.407 e. The molecule has 0 unspecified atom stereocenters. The molecule has 0 aromatic rings. The van der Waals surface area contributed by atoms with Gasteiger partial charge in [0.05, 0.1) is 0 Å². The number of ketones is 1. The van der Waals surface area contributed by atoms with Crippen molar-refractivity contribution in [2.45, 2.75) is 70.9 Å². The van der Waals surface area contributed by atoms with Crippen LogP contribution in [0.15, 0.2) is 0 Å². The number of nitrogens with one attached hydrogen (secondary N) is 1. The maximum absolute atomic E-state index is 11.8. The van der Waals surface area contributed by atoms with Gasteiger partial charge in [0, 0.05) is 25.4 Å². The molecule has 1 aliphatic carbocycles. The number of carbonyl (C=O) groups is 2. The molecule has 1 rings (SSSR count). The fraction of sp³-hybridized carbons (Fsp3) is 0.867. The van der Waals surface area contributed by atoms with Crippen molar-refractivity contribution >= 4 is 11.9 Å². The van der Waals surface area contributed by atoms with E-state index in [2.05, 4.69) is 5.32 Å². The number of carbonyl (C=O) groups excluding carboxylic acids is 2. The first-order valence-corrected chi connectivity index (χ1v) is 7.50. The van der Waals surface area contributed by atoms with Gasteiger partial charge in [-0.2, -0.15) is 0 Å². The quantitative estimate of drug-likeness (QED) is 0.812. The Morgan fingerprint density at radius 3 is 2.35 bits per heavy atom. The van der Waals surface area contributed by atoms with Gasteiger partial charge in [0.2, 0.25) is 0 Å². The summed E-state index contributed by atoms with van der Waals surface area (Å²) in [6.45, 7) is 5.78. The van der Waals surface area contributed by atoms with Gasteiger partial charge in [0.1, 0.15) is 11.4 Å². The minimum atomic E-state index is -0.505. The van der Waals surface area contributed by atoms with Crippen molar-refractivity contribution in [1.82, 2.24) is 5.32 Å². The van der Waals surface area contributed by atoms with Crippen LogP contribution < -0.4 is 11.1 Å². The first-order chi connectivity index (χ1) is 9.26. The molecule has 0 aliphatic heterocycles. The molecule has 0 heterocycles. The molecular formula is C15H28N2O3. The van der Waals surface area contributed by atoms with E-state index in [0.717, 1.165) is 25.7 Å². The molecule has 0 bridgehead atoms. The van der Waals surface area contributed by atoms with Crippen molar-refractivity contribution in [2.75, 3.05) is 6.54 Å². The fourth-order valence-electron chi connectivity index (χ4n) is 2.43. The van der Waals surface area contributed by atoms with Crippen molar-refractivity contribution in [1.29, 1.82) is 0 Å². The topological polar surface area (TPSA) is 81.4 Å². The van der Waals surface area contributed by atoms with Crippen LogP contribution >= 0.6 is 0 Å². The summed E-state index contributed by atoms with van der Waals surface area (Å²) in [5, 5.41) is 2.61. The Hall–Kier alpha value is -1.10. The molecule has 0 atom stereocenters. The molecule has 5 nitrogen and oxygen atoms in total. The first kappa shape index (κ1) is 17.0. The lowest BCUT2D eigenvalue weighted by atomic mass is 9.83. The summed E-state index contributed by atoms with van der Waals surface area (Å²) in [6.07, 6.45) is 4.67. The minimum absolute atomic E-state index is 0.210. The molecule has 20 heavy (non-hydrogen) atoms. The van der Waals surface area contributed by atoms with Gasteiger partial charge in [0.15, 0.2) is 0 Å². The van der Waals surface area contributed by atoms with E-state index in [1.165, 1.54) is 0 Å². The number of rotatable bonds is 5. The Kier molecular flexibility index (Phi) is 6.46. The van der Waals surface area contributed by atoms with E-state index in [9.17, 15) is 9.59 Å². The van der Waals surface area contributed by atoms with Gasteiger partial charge in [-0.05, 0) is 52.4 Å². The molecule has 3 N–H and O–H groups in total. The van der Waals surface area contributed by atoms with E-state index >= 15 is 0 Å². The van der Waals surface area contributed by atoms with Crippen molar-refractivity contribution in [3.8, 4) is 0 Å². The highest BCUT2D eigenvalue weighted by molar-refractivity contribution is 5.79. The maximum Gasteiger partial charge on any atom is 0.407 e. The summed E-state index contributed by atoms with van der Waals surface area (Å²) >= 11 is 0. The average Bonchev–Trinajstić information content (AvgIpc) is 2.29. The van der Waals surface area contributed by atoms with Gasteiger partial charge in [-0.1, -0.05) is 0 Å². The standard InChI is InChI=1S/C15H28N2O3/c1-15(2,3)20-14(19)17-9-8-13(18)10-11-4-6-12(16)7-5-11/h11-12H,4-10,16H2,1-3H3,(H,17,19). The van der Waals surface area contributed by atoms with E-state index in [0.29, 0.717) is 31.3 Å². The van der Waals surface area contributed by atoms with Gasteiger partial charge in [-0.3, -0.25) is 4.79 Å². The van der Waals surface area contributed by atoms with Crippen LogP contribution in [-0.4, -0.2) is 30.1 Å². The summed E-state index contributed by atoms with van der Waals surface area (Å²) in [5.41, 5.74) is 5.34. The van der Waals surface area contributed by atoms with Crippen molar-refractivity contribution in [3.05, 3.63) is 0 Å². The van der Waals surface area contributed by atoms with E-state index in [1.807, 2.05) is 20.8 Å². The molecule has 0 aromatic heterocycles. The van der Waals surface area contributed by atoms with Gasteiger partial charge in [-0.25, -0.2) is 4.79 Å². The summed E-state index contributed by atoms with van der Waals surface area (Å²) in [6, 6.07) is 0.315. The third kappa shape index (κ3) is 7.48. The molecule has 1 saturated carbocycles. The summed E-state index contributed by atoms with van der Waals surface area (Å²) < 4.78 is 5.11. The number of amides is 1. The third-order valence-electron chi connectivity index (χ3n) is 3.48. The predicted octanol–water partition coefficient (Wildman–Crippen LogP) is 2.38. The van der Waals surface area contributed by atoms with E-state index in [1.54, 1.807) is 0 Å². The lowest BCUT2D eigenvalue weighted by molar-refractivity contribution is -0.120. The predicted molar refractivity (Wildman–Crippen MR) is 78.4 cm³/mol. The number of Topliss-reactive ketones (excluding diaryl/α,β-unsaturated/α-hetero) is 1. The largest absolute Gasteiger partial charge is 0.444 e. The highest BCUT2D eigenvalue weighted by Crippen LogP contribution is 2.26. The van der Waals surface area contributed by atoms with Crippen LogP contribution in [0.1, 0.15) is 59.3 Å². The molecule has 0 radical (unpaired) electrons. The van der Waals surface area contributed by atoms with Crippen molar-refractivity contribution in [3.63, 3.8) is 0 Å². The third-order valence-corrected chi connectivity index (χ3v) is 3.48. The monoisotopic (exact) mass is 284 g/mol. The van der Waals surface area contributed by atoms with Crippen LogP contribution in [0.2, 0.25) is 0 Å². The molecule has 0 aromatic carbocycles. The summed E-state index contributed by atoms with van der Waals surface area (Å²) in [4.78, 5) is 23.2. The van der Waals surface area contributed by atoms with E-state index in [4.69, 9.17) is 10.5 Å². The van der Waals surface area contributed by atoms with Crippen LogP contribution in [0.5, 0.6) is 0 Å². The summed E-state index contributed by atoms with van der Waals surface area (Å²) in [5.74, 6) is 0.686. The zero-order chi connectivity index (χ0) is 15.2. The number of nitrogens with two attached hydrogens (primary N) is 1. The van der Waals surface area contributed by atoms with E-state index < -0.39 is 11.7 Å². The molecule has 0 spiro atoms. The average molecular weight is 284 g/mol. The Morgan fingerprint density at radius 1 is 1.20 bits per heavy atom. The second kappa shape index (κ2) is 7.62. The molecule has 1 aliphatic rings. The normalized spacial score (nSPS) is 23.2. The number of hydrogen-bond acceptors (Lipinski definition) is 4. The Labute approximate surface area is 121 Å². The van der Waals surface area contributed by atoms with Gasteiger partial charge in [-0.15, -0.1) is 0 Å². The van der Waals surface area contributed by atoms with Crippen molar-refractivity contribution < 1.29 is 14.3 Å². The van der Waals surface area contributed by atoms with Crippen LogP contribution in [0.25, 0.3) is 0 Å². The summed E-state index contributed by atoms with van der Waals surface area (Å²) in [7, 11) is 0. The first-order valence-electron chi connectivity index (χ1n) is 7.50. The fourth-order valence-corrected chi connectivity index (χ4v) is 2.43. The van der Waals surface area contributed by atoms with Crippen LogP contribution in [0.3, 0.4) is 0 Å². The van der Waals surface area contributed by atoms with Gasteiger partial charge < -0.3 is 15.8 Å². The SMILES string of the molecule is CC(C)(C)OC(=O)NCCC(=O)CC1CCC(N)CC1. The zero-order valence-corrected chi connectivity index (χ0v) is 12.9. The van der Waals surface area contributed by atoms with Gasteiger partial charge in [0.25, 0.3) is 0 Å². The van der Waals surface area contributed by atoms with Crippen molar-refractivity contribution in [2.24, 2.45) is 11.7 Å². The molecule has 0 saturated heterocycles. The Morgan fingerprint density at radius 2 is 1.80 bits per heavy atom. The van der Waals surface area contributed by atoms with E-state index in [-0.39, 0.29) is 5.78 Å².